The van der Waals surface area contributed by atoms with Gasteiger partial charge in [0.05, 0.1) is 23.5 Å². The molecule has 0 aromatic rings. The maximum absolute atomic E-state index is 12.1. The van der Waals surface area contributed by atoms with Crippen LogP contribution in [0.2, 0.25) is 0 Å². The molecule has 0 atom stereocenters. The highest BCUT2D eigenvalue weighted by Crippen LogP contribution is 2.29. The summed E-state index contributed by atoms with van der Waals surface area (Å²) in [5.41, 5.74) is -0.948. The minimum absolute atomic E-state index is 0.114. The van der Waals surface area contributed by atoms with Crippen molar-refractivity contribution in [1.29, 1.82) is 0 Å². The molecule has 0 unspecified atom stereocenters. The minimum Gasteiger partial charge on any atom is -0.469 e. The average molecular weight is 248 g/mol. The van der Waals surface area contributed by atoms with E-state index in [-0.39, 0.29) is 11.0 Å². The van der Waals surface area contributed by atoms with E-state index in [1.54, 1.807) is 13.8 Å². The molecule has 1 aliphatic rings. The number of carbonyl (C=O) groups excluding carboxylic acids is 1. The fourth-order valence-electron chi connectivity index (χ4n) is 2.20. The quantitative estimate of drug-likeness (QED) is 0.708. The molecule has 16 heavy (non-hydrogen) atoms. The summed E-state index contributed by atoms with van der Waals surface area (Å²) in [6.07, 6.45) is 3.42. The van der Waals surface area contributed by atoms with Crippen molar-refractivity contribution in [2.24, 2.45) is 5.41 Å². The fraction of sp³-hybridized carbons (Fsp3) is 0.909. The third kappa shape index (κ3) is 2.97. The summed E-state index contributed by atoms with van der Waals surface area (Å²) in [6, 6.07) is 0. The Labute approximate surface area is 97.3 Å². The van der Waals surface area contributed by atoms with Gasteiger partial charge in [0, 0.05) is 0 Å². The lowest BCUT2D eigenvalue weighted by Gasteiger charge is -2.23. The molecular weight excluding hydrogens is 228 g/mol. The summed E-state index contributed by atoms with van der Waals surface area (Å²) in [5.74, 6) is -0.578. The van der Waals surface area contributed by atoms with Crippen LogP contribution in [0.3, 0.4) is 0 Å². The van der Waals surface area contributed by atoms with E-state index >= 15 is 0 Å². The van der Waals surface area contributed by atoms with Gasteiger partial charge in [-0.05, 0) is 26.7 Å². The van der Waals surface area contributed by atoms with Crippen molar-refractivity contribution >= 4 is 15.8 Å². The Bertz CT molecular complexity index is 350. The van der Waals surface area contributed by atoms with Crippen LogP contribution in [0.4, 0.5) is 0 Å². The van der Waals surface area contributed by atoms with Crippen molar-refractivity contribution < 1.29 is 17.9 Å². The Balaban J connectivity index is 2.75. The largest absolute Gasteiger partial charge is 0.469 e. The molecule has 0 bridgehead atoms. The Kier molecular flexibility index (Phi) is 3.99. The molecule has 0 saturated heterocycles. The summed E-state index contributed by atoms with van der Waals surface area (Å²) in [7, 11) is -1.89. The van der Waals surface area contributed by atoms with Crippen LogP contribution in [0.1, 0.15) is 39.5 Å². The van der Waals surface area contributed by atoms with E-state index in [9.17, 15) is 13.2 Å². The Morgan fingerprint density at radius 3 is 2.25 bits per heavy atom. The molecule has 4 nitrogen and oxygen atoms in total. The van der Waals surface area contributed by atoms with Gasteiger partial charge < -0.3 is 4.74 Å². The number of hydrogen-bond donors (Lipinski definition) is 0. The summed E-state index contributed by atoms with van der Waals surface area (Å²) in [6.45, 7) is 3.23. The molecule has 0 aromatic carbocycles. The molecule has 0 aliphatic heterocycles. The zero-order valence-electron chi connectivity index (χ0n) is 10.2. The number of carbonyl (C=O) groups is 1. The van der Waals surface area contributed by atoms with Gasteiger partial charge in [-0.1, -0.05) is 12.8 Å². The monoisotopic (exact) mass is 248 g/mol. The number of sulfone groups is 1. The van der Waals surface area contributed by atoms with E-state index in [0.29, 0.717) is 0 Å². The van der Waals surface area contributed by atoms with E-state index in [4.69, 9.17) is 0 Å². The molecule has 0 spiro atoms. The average Bonchev–Trinajstić information content (AvgIpc) is 2.68. The normalized spacial score (nSPS) is 18.7. The highest BCUT2D eigenvalue weighted by molar-refractivity contribution is 7.92. The maximum atomic E-state index is 12.1. The lowest BCUT2D eigenvalue weighted by atomic mass is 9.97. The maximum Gasteiger partial charge on any atom is 0.312 e. The fourth-order valence-corrected chi connectivity index (χ4v) is 4.61. The Morgan fingerprint density at radius 2 is 1.81 bits per heavy atom. The van der Waals surface area contributed by atoms with Crippen molar-refractivity contribution in [3.63, 3.8) is 0 Å². The smallest absolute Gasteiger partial charge is 0.312 e. The highest BCUT2D eigenvalue weighted by Gasteiger charge is 2.38. The topological polar surface area (TPSA) is 60.4 Å². The van der Waals surface area contributed by atoms with E-state index in [0.717, 1.165) is 25.7 Å². The van der Waals surface area contributed by atoms with Crippen LogP contribution in [0.25, 0.3) is 0 Å². The van der Waals surface area contributed by atoms with E-state index < -0.39 is 21.2 Å². The Hall–Kier alpha value is -0.580. The third-order valence-corrected chi connectivity index (χ3v) is 5.72. The van der Waals surface area contributed by atoms with Crippen LogP contribution >= 0.6 is 0 Å². The van der Waals surface area contributed by atoms with Gasteiger partial charge in [0.15, 0.2) is 9.84 Å². The Morgan fingerprint density at radius 1 is 1.31 bits per heavy atom. The molecule has 94 valence electrons. The second-order valence-electron chi connectivity index (χ2n) is 5.09. The van der Waals surface area contributed by atoms with Crippen LogP contribution in [0.15, 0.2) is 0 Å². The van der Waals surface area contributed by atoms with Crippen LogP contribution in [0.5, 0.6) is 0 Å². The lowest BCUT2D eigenvalue weighted by Crippen LogP contribution is -2.36. The van der Waals surface area contributed by atoms with Crippen molar-refractivity contribution in [1.82, 2.24) is 0 Å². The first kappa shape index (κ1) is 13.5. The van der Waals surface area contributed by atoms with Gasteiger partial charge in [-0.15, -0.1) is 0 Å². The van der Waals surface area contributed by atoms with Crippen molar-refractivity contribution in [2.75, 3.05) is 12.9 Å². The molecule has 5 heteroatoms. The summed E-state index contributed by atoms with van der Waals surface area (Å²) in [5, 5.41) is -0.253. The van der Waals surface area contributed by atoms with Gasteiger partial charge in [-0.2, -0.15) is 0 Å². The number of methoxy groups -OCH3 is 1. The molecule has 1 rings (SSSR count). The van der Waals surface area contributed by atoms with E-state index in [2.05, 4.69) is 4.74 Å². The molecule has 0 amide bonds. The number of rotatable bonds is 4. The second-order valence-corrected chi connectivity index (χ2v) is 7.37. The van der Waals surface area contributed by atoms with Crippen molar-refractivity contribution in [3.8, 4) is 0 Å². The zero-order chi connectivity index (χ0) is 12.4. The lowest BCUT2D eigenvalue weighted by molar-refractivity contribution is -0.149. The molecule has 1 aliphatic carbocycles. The molecule has 1 saturated carbocycles. The molecule has 0 aromatic heterocycles. The predicted molar refractivity (Wildman–Crippen MR) is 61.8 cm³/mol. The second kappa shape index (κ2) is 4.73. The molecule has 0 radical (unpaired) electrons. The van der Waals surface area contributed by atoms with Crippen LogP contribution in [-0.4, -0.2) is 32.5 Å². The first-order chi connectivity index (χ1) is 7.29. The summed E-state index contributed by atoms with van der Waals surface area (Å²) in [4.78, 5) is 11.4. The predicted octanol–water partition coefficient (Wildman–Crippen LogP) is 1.54. The van der Waals surface area contributed by atoms with Gasteiger partial charge >= 0.3 is 5.97 Å². The molecule has 1 fully saturated rings. The van der Waals surface area contributed by atoms with Crippen LogP contribution in [-0.2, 0) is 19.4 Å². The highest BCUT2D eigenvalue weighted by atomic mass is 32.2. The standard InChI is InChI=1S/C11H20O4S/c1-11(2,10(12)15-3)8-16(13,14)9-6-4-5-7-9/h9H,4-8H2,1-3H3. The molecular formula is C11H20O4S. The van der Waals surface area contributed by atoms with Gasteiger partial charge in [0.2, 0.25) is 0 Å². The van der Waals surface area contributed by atoms with Gasteiger partial charge in [0.1, 0.15) is 0 Å². The first-order valence-electron chi connectivity index (χ1n) is 5.59. The SMILES string of the molecule is COC(=O)C(C)(C)CS(=O)(=O)C1CCCC1. The zero-order valence-corrected chi connectivity index (χ0v) is 11.0. The van der Waals surface area contributed by atoms with E-state index in [1.165, 1.54) is 7.11 Å². The van der Waals surface area contributed by atoms with Crippen LogP contribution < -0.4 is 0 Å². The first-order valence-corrected chi connectivity index (χ1v) is 7.31. The molecule has 0 heterocycles. The third-order valence-electron chi connectivity index (χ3n) is 3.11. The van der Waals surface area contributed by atoms with Gasteiger partial charge in [0.25, 0.3) is 0 Å². The van der Waals surface area contributed by atoms with Gasteiger partial charge in [-0.3, -0.25) is 4.79 Å². The summed E-state index contributed by atoms with van der Waals surface area (Å²) >= 11 is 0. The van der Waals surface area contributed by atoms with Crippen molar-refractivity contribution in [3.05, 3.63) is 0 Å². The molecule has 0 N–H and O–H groups in total. The van der Waals surface area contributed by atoms with Gasteiger partial charge in [-0.25, -0.2) is 8.42 Å². The number of hydrogen-bond acceptors (Lipinski definition) is 4. The number of ether oxygens (including phenoxy) is 1. The minimum atomic E-state index is -3.17. The van der Waals surface area contributed by atoms with E-state index in [1.807, 2.05) is 0 Å². The van der Waals surface area contributed by atoms with Crippen molar-refractivity contribution in [2.45, 2.75) is 44.8 Å². The van der Waals surface area contributed by atoms with Crippen LogP contribution in [0, 0.1) is 5.41 Å². The number of esters is 1. The summed E-state index contributed by atoms with van der Waals surface area (Å²) < 4.78 is 28.7.